The molecule has 1 aliphatic rings. The van der Waals surface area contributed by atoms with Crippen LogP contribution in [-0.2, 0) is 16.6 Å². The molecule has 9 nitrogen and oxygen atoms in total. The van der Waals surface area contributed by atoms with Gasteiger partial charge in [0.25, 0.3) is 5.91 Å². The van der Waals surface area contributed by atoms with E-state index in [1.54, 1.807) is 42.3 Å². The molecule has 0 aliphatic carbocycles. The molecule has 1 fully saturated rings. The van der Waals surface area contributed by atoms with Gasteiger partial charge in [0.1, 0.15) is 10.7 Å². The normalized spacial score (nSPS) is 14.9. The first-order valence-electron chi connectivity index (χ1n) is 9.29. The summed E-state index contributed by atoms with van der Waals surface area (Å²) in [5.74, 6) is 0.344. The molecular formula is C19H21N5O4S. The van der Waals surface area contributed by atoms with Crippen molar-refractivity contribution in [1.29, 1.82) is 0 Å². The van der Waals surface area contributed by atoms with E-state index in [0.717, 1.165) is 18.4 Å². The summed E-state index contributed by atoms with van der Waals surface area (Å²) in [5.41, 5.74) is 0.826. The third kappa shape index (κ3) is 3.94. The third-order valence-corrected chi connectivity index (χ3v) is 6.79. The maximum absolute atomic E-state index is 12.7. The summed E-state index contributed by atoms with van der Waals surface area (Å²) < 4.78 is 34.0. The molecule has 0 unspecified atom stereocenters. The minimum Gasteiger partial charge on any atom is -0.455 e. The van der Waals surface area contributed by atoms with Crippen LogP contribution in [0, 0.1) is 6.92 Å². The molecule has 1 saturated heterocycles. The van der Waals surface area contributed by atoms with Crippen LogP contribution in [-0.4, -0.2) is 46.5 Å². The maximum atomic E-state index is 12.7. The largest absolute Gasteiger partial charge is 0.455 e. The topological polar surface area (TPSA) is 110 Å². The zero-order valence-electron chi connectivity index (χ0n) is 15.9. The molecule has 3 aromatic heterocycles. The molecule has 0 aromatic carbocycles. The number of furan rings is 1. The average molecular weight is 415 g/mol. The molecule has 0 spiro atoms. The van der Waals surface area contributed by atoms with Gasteiger partial charge in [-0.25, -0.2) is 18.1 Å². The van der Waals surface area contributed by atoms with E-state index in [1.165, 1.54) is 10.4 Å². The Morgan fingerprint density at radius 2 is 2.03 bits per heavy atom. The Bertz CT molecular complexity index is 1120. The van der Waals surface area contributed by atoms with E-state index in [9.17, 15) is 13.2 Å². The van der Waals surface area contributed by atoms with E-state index in [0.29, 0.717) is 18.9 Å². The molecule has 4 heterocycles. The zero-order valence-corrected chi connectivity index (χ0v) is 16.7. The van der Waals surface area contributed by atoms with Gasteiger partial charge in [-0.1, -0.05) is 0 Å². The van der Waals surface area contributed by atoms with Gasteiger partial charge in [-0.15, -0.1) is 0 Å². The molecular weight excluding hydrogens is 394 g/mol. The average Bonchev–Trinajstić information content (AvgIpc) is 3.47. The fourth-order valence-corrected chi connectivity index (χ4v) is 4.95. The summed E-state index contributed by atoms with van der Waals surface area (Å²) in [6, 6.07) is 6.69. The van der Waals surface area contributed by atoms with Crippen LogP contribution < -0.4 is 5.32 Å². The van der Waals surface area contributed by atoms with Gasteiger partial charge >= 0.3 is 0 Å². The number of pyridine rings is 1. The number of sulfonamides is 1. The molecule has 4 rings (SSSR count). The first-order valence-corrected chi connectivity index (χ1v) is 10.7. The van der Waals surface area contributed by atoms with Gasteiger partial charge in [0.15, 0.2) is 11.6 Å². The lowest BCUT2D eigenvalue weighted by molar-refractivity contribution is 0.0922. The molecule has 0 atom stereocenters. The van der Waals surface area contributed by atoms with E-state index < -0.39 is 15.9 Å². The molecule has 1 N–H and O–H groups in total. The fourth-order valence-electron chi connectivity index (χ4n) is 3.27. The summed E-state index contributed by atoms with van der Waals surface area (Å²) in [4.78, 5) is 16.8. The van der Waals surface area contributed by atoms with Crippen molar-refractivity contribution in [3.05, 3.63) is 59.9 Å². The van der Waals surface area contributed by atoms with Gasteiger partial charge in [0, 0.05) is 44.3 Å². The summed E-state index contributed by atoms with van der Waals surface area (Å²) in [6.45, 7) is 2.78. The van der Waals surface area contributed by atoms with Crippen molar-refractivity contribution in [1.82, 2.24) is 24.4 Å². The minimum atomic E-state index is -3.64. The van der Waals surface area contributed by atoms with E-state index >= 15 is 0 Å². The first kappa shape index (κ1) is 19.3. The molecule has 29 heavy (non-hydrogen) atoms. The van der Waals surface area contributed by atoms with Crippen LogP contribution in [0.3, 0.4) is 0 Å². The molecule has 3 aromatic rings. The molecule has 152 valence electrons. The van der Waals surface area contributed by atoms with E-state index in [1.807, 2.05) is 6.07 Å². The van der Waals surface area contributed by atoms with Crippen LogP contribution in [0.1, 0.15) is 34.7 Å². The van der Waals surface area contributed by atoms with Gasteiger partial charge < -0.3 is 9.73 Å². The quantitative estimate of drug-likeness (QED) is 0.658. The molecule has 0 radical (unpaired) electrons. The highest BCUT2D eigenvalue weighted by Gasteiger charge is 2.31. The van der Waals surface area contributed by atoms with Crippen LogP contribution in [0.15, 0.2) is 52.2 Å². The highest BCUT2D eigenvalue weighted by molar-refractivity contribution is 7.89. The minimum absolute atomic E-state index is 0.0263. The highest BCUT2D eigenvalue weighted by Crippen LogP contribution is 2.26. The van der Waals surface area contributed by atoms with Crippen LogP contribution in [0.25, 0.3) is 5.82 Å². The lowest BCUT2D eigenvalue weighted by Crippen LogP contribution is -2.28. The van der Waals surface area contributed by atoms with Gasteiger partial charge in [-0.2, -0.15) is 9.40 Å². The molecule has 1 aliphatic heterocycles. The van der Waals surface area contributed by atoms with E-state index in [-0.39, 0.29) is 23.0 Å². The highest BCUT2D eigenvalue weighted by atomic mass is 32.2. The van der Waals surface area contributed by atoms with Gasteiger partial charge in [-0.05, 0) is 43.5 Å². The van der Waals surface area contributed by atoms with Crippen LogP contribution in [0.4, 0.5) is 0 Å². The Kier molecular flexibility index (Phi) is 5.20. The SMILES string of the molecule is Cc1oc(C(=O)NCc2ccnc(-n3cccn3)c2)cc1S(=O)(=O)N1CCCC1. The summed E-state index contributed by atoms with van der Waals surface area (Å²) in [7, 11) is -3.64. The second-order valence-corrected chi connectivity index (χ2v) is 8.70. The van der Waals surface area contributed by atoms with E-state index in [4.69, 9.17) is 4.42 Å². The third-order valence-electron chi connectivity index (χ3n) is 4.78. The lowest BCUT2D eigenvalue weighted by atomic mass is 10.2. The molecule has 1 amide bonds. The second-order valence-electron chi connectivity index (χ2n) is 6.80. The van der Waals surface area contributed by atoms with Gasteiger partial charge in [0.05, 0.1) is 0 Å². The lowest BCUT2D eigenvalue weighted by Gasteiger charge is -2.14. The van der Waals surface area contributed by atoms with Crippen molar-refractivity contribution in [3.8, 4) is 5.82 Å². The van der Waals surface area contributed by atoms with Crippen LogP contribution in [0.5, 0.6) is 0 Å². The standard InChI is InChI=1S/C19H21N5O4S/c1-14-17(29(26,27)23-8-2-3-9-23)12-16(28-14)19(25)21-13-15-5-7-20-18(11-15)24-10-4-6-22-24/h4-7,10-12H,2-3,8-9,13H2,1H3,(H,21,25). The second kappa shape index (κ2) is 7.80. The van der Waals surface area contributed by atoms with Crippen molar-refractivity contribution in [3.63, 3.8) is 0 Å². The number of carbonyl (C=O) groups is 1. The Labute approximate surface area is 168 Å². The van der Waals surface area contributed by atoms with Gasteiger partial charge in [-0.3, -0.25) is 4.79 Å². The molecule has 0 saturated carbocycles. The van der Waals surface area contributed by atoms with Crippen LogP contribution >= 0.6 is 0 Å². The molecule has 10 heteroatoms. The van der Waals surface area contributed by atoms with E-state index in [2.05, 4.69) is 15.4 Å². The molecule has 0 bridgehead atoms. The monoisotopic (exact) mass is 415 g/mol. The number of hydrogen-bond donors (Lipinski definition) is 1. The van der Waals surface area contributed by atoms with Crippen molar-refractivity contribution in [2.45, 2.75) is 31.2 Å². The van der Waals surface area contributed by atoms with Gasteiger partial charge in [0.2, 0.25) is 10.0 Å². The predicted octanol–water partition coefficient (Wildman–Crippen LogP) is 1.88. The van der Waals surface area contributed by atoms with Crippen molar-refractivity contribution in [2.24, 2.45) is 0 Å². The maximum Gasteiger partial charge on any atom is 0.287 e. The van der Waals surface area contributed by atoms with Crippen molar-refractivity contribution >= 4 is 15.9 Å². The number of nitrogens with one attached hydrogen (secondary N) is 1. The number of nitrogens with zero attached hydrogens (tertiary/aromatic N) is 4. The Balaban J connectivity index is 1.46. The van der Waals surface area contributed by atoms with Crippen LogP contribution in [0.2, 0.25) is 0 Å². The summed E-state index contributed by atoms with van der Waals surface area (Å²) in [5, 5.41) is 6.88. The predicted molar refractivity (Wildman–Crippen MR) is 104 cm³/mol. The summed E-state index contributed by atoms with van der Waals surface area (Å²) >= 11 is 0. The number of aryl methyl sites for hydroxylation is 1. The fraction of sp³-hybridized carbons (Fsp3) is 0.316. The number of rotatable bonds is 6. The number of hydrogen-bond acceptors (Lipinski definition) is 6. The van der Waals surface area contributed by atoms with Crippen molar-refractivity contribution < 1.29 is 17.6 Å². The smallest absolute Gasteiger partial charge is 0.287 e. The number of amides is 1. The number of aromatic nitrogens is 3. The number of carbonyl (C=O) groups excluding carboxylic acids is 1. The van der Waals surface area contributed by atoms with Crippen molar-refractivity contribution in [2.75, 3.05) is 13.1 Å². The Morgan fingerprint density at radius 1 is 1.24 bits per heavy atom. The Hall–Kier alpha value is -2.98. The summed E-state index contributed by atoms with van der Waals surface area (Å²) in [6.07, 6.45) is 6.75. The zero-order chi connectivity index (χ0) is 20.4. The first-order chi connectivity index (χ1) is 13.9. The Morgan fingerprint density at radius 3 is 2.76 bits per heavy atom.